The number of benzene rings is 1. The van der Waals surface area contributed by atoms with Crippen molar-refractivity contribution in [3.05, 3.63) is 33.9 Å². The average molecular weight is 266 g/mol. The van der Waals surface area contributed by atoms with E-state index in [1.54, 1.807) is 7.11 Å². The Hall–Kier alpha value is -2.15. The molecule has 1 aromatic rings. The van der Waals surface area contributed by atoms with E-state index in [2.05, 4.69) is 0 Å². The van der Waals surface area contributed by atoms with Crippen LogP contribution < -0.4 is 0 Å². The van der Waals surface area contributed by atoms with Gasteiger partial charge in [0, 0.05) is 26.3 Å². The molecule has 0 saturated carbocycles. The maximum absolute atomic E-state index is 12.2. The summed E-state index contributed by atoms with van der Waals surface area (Å²) in [6.07, 6.45) is 0.697. The fourth-order valence-corrected chi connectivity index (χ4v) is 2.13. The Bertz CT molecular complexity index is 517. The Morgan fingerprint density at radius 2 is 2.32 bits per heavy atom. The molecule has 1 amide bonds. The lowest BCUT2D eigenvalue weighted by atomic mass is 10.1. The van der Waals surface area contributed by atoms with Crippen molar-refractivity contribution in [3.8, 4) is 5.75 Å². The molecule has 1 fully saturated rings. The number of aromatic hydroxyl groups is 1. The van der Waals surface area contributed by atoms with Crippen LogP contribution in [0.4, 0.5) is 5.69 Å². The molecule has 1 unspecified atom stereocenters. The molecule has 1 saturated heterocycles. The Labute approximate surface area is 109 Å². The summed E-state index contributed by atoms with van der Waals surface area (Å²) in [4.78, 5) is 23.7. The van der Waals surface area contributed by atoms with Crippen LogP contribution in [0.2, 0.25) is 0 Å². The molecule has 1 N–H and O–H groups in total. The second-order valence-corrected chi connectivity index (χ2v) is 4.33. The molecule has 0 bridgehead atoms. The predicted molar refractivity (Wildman–Crippen MR) is 66.1 cm³/mol. The van der Waals surface area contributed by atoms with Gasteiger partial charge < -0.3 is 14.7 Å². The van der Waals surface area contributed by atoms with Crippen LogP contribution in [0, 0.1) is 10.1 Å². The maximum Gasteiger partial charge on any atom is 0.311 e. The number of para-hydroxylation sites is 1. The van der Waals surface area contributed by atoms with Gasteiger partial charge in [-0.15, -0.1) is 0 Å². The van der Waals surface area contributed by atoms with E-state index in [9.17, 15) is 20.0 Å². The van der Waals surface area contributed by atoms with Crippen LogP contribution in [0.3, 0.4) is 0 Å². The fraction of sp³-hybridized carbons (Fsp3) is 0.417. The monoisotopic (exact) mass is 266 g/mol. The third-order valence-corrected chi connectivity index (χ3v) is 3.21. The largest absolute Gasteiger partial charge is 0.502 e. The van der Waals surface area contributed by atoms with Crippen LogP contribution in [-0.4, -0.2) is 47.1 Å². The number of phenolic OH excluding ortho intramolecular Hbond substituents is 1. The minimum atomic E-state index is -0.714. The number of phenols is 1. The molecule has 1 aliphatic rings. The number of nitro benzene ring substituents is 1. The number of methoxy groups -OCH3 is 1. The summed E-state index contributed by atoms with van der Waals surface area (Å²) in [6, 6.07) is 3.92. The summed E-state index contributed by atoms with van der Waals surface area (Å²) < 4.78 is 5.15. The number of likely N-dealkylation sites (tertiary alicyclic amines) is 1. The van der Waals surface area contributed by atoms with Gasteiger partial charge in [0.15, 0.2) is 0 Å². The number of rotatable bonds is 3. The van der Waals surface area contributed by atoms with Gasteiger partial charge in [0.25, 0.3) is 5.91 Å². The highest BCUT2D eigenvalue weighted by Crippen LogP contribution is 2.30. The zero-order chi connectivity index (χ0) is 14.0. The summed E-state index contributed by atoms with van der Waals surface area (Å²) in [5.74, 6) is -1.00. The molecule has 0 aliphatic carbocycles. The number of nitro groups is 1. The minimum absolute atomic E-state index is 0.0233. The van der Waals surface area contributed by atoms with Gasteiger partial charge >= 0.3 is 5.69 Å². The topological polar surface area (TPSA) is 92.9 Å². The lowest BCUT2D eigenvalue weighted by Crippen LogP contribution is -2.30. The fourth-order valence-electron chi connectivity index (χ4n) is 2.13. The van der Waals surface area contributed by atoms with Crippen molar-refractivity contribution in [2.45, 2.75) is 12.5 Å². The van der Waals surface area contributed by atoms with Gasteiger partial charge in [-0.1, -0.05) is 6.07 Å². The Morgan fingerprint density at radius 1 is 1.58 bits per heavy atom. The Kier molecular flexibility index (Phi) is 3.66. The molecule has 1 atom stereocenters. The first kappa shape index (κ1) is 13.3. The minimum Gasteiger partial charge on any atom is -0.502 e. The molecule has 7 nitrogen and oxygen atoms in total. The van der Waals surface area contributed by atoms with Crippen molar-refractivity contribution in [1.82, 2.24) is 4.90 Å². The van der Waals surface area contributed by atoms with E-state index in [0.717, 1.165) is 12.5 Å². The molecule has 1 heterocycles. The number of amides is 1. The molecule has 1 aliphatic heterocycles. The normalized spacial score (nSPS) is 18.6. The second kappa shape index (κ2) is 5.23. The van der Waals surface area contributed by atoms with Crippen molar-refractivity contribution >= 4 is 11.6 Å². The van der Waals surface area contributed by atoms with Gasteiger partial charge in [0.1, 0.15) is 0 Å². The molecule has 0 aromatic heterocycles. The molecular formula is C12H14N2O5. The van der Waals surface area contributed by atoms with Crippen molar-refractivity contribution in [2.75, 3.05) is 20.2 Å². The van der Waals surface area contributed by atoms with E-state index in [1.165, 1.54) is 17.0 Å². The Morgan fingerprint density at radius 3 is 2.89 bits per heavy atom. The van der Waals surface area contributed by atoms with Crippen LogP contribution >= 0.6 is 0 Å². The summed E-state index contributed by atoms with van der Waals surface area (Å²) in [5, 5.41) is 20.5. The summed E-state index contributed by atoms with van der Waals surface area (Å²) >= 11 is 0. The molecule has 19 heavy (non-hydrogen) atoms. The Balaban J connectivity index is 2.25. The van der Waals surface area contributed by atoms with Crippen LogP contribution in [-0.2, 0) is 4.74 Å². The summed E-state index contributed by atoms with van der Waals surface area (Å²) in [6.45, 7) is 0.941. The summed E-state index contributed by atoms with van der Waals surface area (Å²) in [7, 11) is 1.57. The van der Waals surface area contributed by atoms with E-state index in [1.807, 2.05) is 0 Å². The highest BCUT2D eigenvalue weighted by molar-refractivity contribution is 5.98. The van der Waals surface area contributed by atoms with Crippen LogP contribution in [0.25, 0.3) is 0 Å². The molecule has 102 valence electrons. The van der Waals surface area contributed by atoms with Crippen molar-refractivity contribution in [1.29, 1.82) is 0 Å². The van der Waals surface area contributed by atoms with Gasteiger partial charge in [0.05, 0.1) is 16.6 Å². The standard InChI is InChI=1S/C12H14N2O5/c1-19-8-5-6-13(7-8)12(16)9-3-2-4-10(11(9)15)14(17)18/h2-4,8,15H,5-7H2,1H3. The zero-order valence-electron chi connectivity index (χ0n) is 10.4. The molecule has 0 spiro atoms. The van der Waals surface area contributed by atoms with Crippen molar-refractivity contribution in [2.24, 2.45) is 0 Å². The van der Waals surface area contributed by atoms with E-state index >= 15 is 0 Å². The van der Waals surface area contributed by atoms with Gasteiger partial charge in [-0.2, -0.15) is 0 Å². The van der Waals surface area contributed by atoms with Crippen molar-refractivity contribution < 1.29 is 19.6 Å². The van der Waals surface area contributed by atoms with Crippen LogP contribution in [0.1, 0.15) is 16.8 Å². The molecule has 0 radical (unpaired) electrons. The first-order chi connectivity index (χ1) is 9.04. The number of nitrogens with zero attached hydrogens (tertiary/aromatic N) is 2. The van der Waals surface area contributed by atoms with Crippen LogP contribution in [0.15, 0.2) is 18.2 Å². The number of hydrogen-bond donors (Lipinski definition) is 1. The van der Waals surface area contributed by atoms with Gasteiger partial charge in [-0.3, -0.25) is 14.9 Å². The second-order valence-electron chi connectivity index (χ2n) is 4.33. The van der Waals surface area contributed by atoms with Gasteiger partial charge in [-0.05, 0) is 12.5 Å². The van der Waals surface area contributed by atoms with E-state index in [4.69, 9.17) is 4.74 Å². The number of ether oxygens (including phenoxy) is 1. The average Bonchev–Trinajstić information content (AvgIpc) is 2.86. The predicted octanol–water partition coefficient (Wildman–Crippen LogP) is 1.16. The highest BCUT2D eigenvalue weighted by atomic mass is 16.6. The number of hydrogen-bond acceptors (Lipinski definition) is 5. The van der Waals surface area contributed by atoms with E-state index in [-0.39, 0.29) is 11.7 Å². The highest BCUT2D eigenvalue weighted by Gasteiger charge is 2.30. The molecule has 2 rings (SSSR count). The third-order valence-electron chi connectivity index (χ3n) is 3.21. The molecular weight excluding hydrogens is 252 g/mol. The zero-order valence-corrected chi connectivity index (χ0v) is 10.4. The van der Waals surface area contributed by atoms with E-state index in [0.29, 0.717) is 13.1 Å². The smallest absolute Gasteiger partial charge is 0.311 e. The molecule has 7 heteroatoms. The number of carbonyl (C=O) groups excluding carboxylic acids is 1. The maximum atomic E-state index is 12.2. The lowest BCUT2D eigenvalue weighted by Gasteiger charge is -2.16. The SMILES string of the molecule is COC1CCN(C(=O)c2cccc([N+](=O)[O-])c2O)C1. The third kappa shape index (κ3) is 2.50. The van der Waals surface area contributed by atoms with Crippen LogP contribution in [0.5, 0.6) is 5.75 Å². The summed E-state index contributed by atoms with van der Waals surface area (Å²) in [5.41, 5.74) is -0.515. The lowest BCUT2D eigenvalue weighted by molar-refractivity contribution is -0.385. The van der Waals surface area contributed by atoms with Gasteiger partial charge in [-0.25, -0.2) is 0 Å². The van der Waals surface area contributed by atoms with Gasteiger partial charge in [0.2, 0.25) is 5.75 Å². The molecule has 1 aromatic carbocycles. The van der Waals surface area contributed by atoms with Crippen molar-refractivity contribution in [3.63, 3.8) is 0 Å². The quantitative estimate of drug-likeness (QED) is 0.654. The first-order valence-electron chi connectivity index (χ1n) is 5.83. The number of carbonyl (C=O) groups is 1. The first-order valence-corrected chi connectivity index (χ1v) is 5.83. The van der Waals surface area contributed by atoms with E-state index < -0.39 is 22.3 Å².